The monoisotopic (exact) mass is 439 g/mol. The van der Waals surface area contributed by atoms with Crippen molar-refractivity contribution in [2.75, 3.05) is 34.4 Å². The maximum absolute atomic E-state index is 11.0. The standard InChI is InChI=1S/C25H33N3O4/c1-19(2)25(18-26,21-15-23(31-4)17-24(16-21)32-5)11-7-12-27(3)13-10-20-8-6-9-22(14-20)28(29)30/h6,8-9,14-17,19H,7,10-13H2,1-5H3. The first-order valence-electron chi connectivity index (χ1n) is 10.8. The fourth-order valence-corrected chi connectivity index (χ4v) is 3.97. The second-order valence-electron chi connectivity index (χ2n) is 8.42. The van der Waals surface area contributed by atoms with Gasteiger partial charge in [-0.2, -0.15) is 5.26 Å². The largest absolute Gasteiger partial charge is 0.497 e. The van der Waals surface area contributed by atoms with Crippen molar-refractivity contribution in [3.05, 3.63) is 63.7 Å². The second kappa shape index (κ2) is 11.5. The van der Waals surface area contributed by atoms with Crippen LogP contribution in [0.4, 0.5) is 5.69 Å². The highest BCUT2D eigenvalue weighted by Gasteiger charge is 2.36. The summed E-state index contributed by atoms with van der Waals surface area (Å²) in [5, 5.41) is 21.2. The molecule has 0 aliphatic rings. The molecule has 0 radical (unpaired) electrons. The second-order valence-corrected chi connectivity index (χ2v) is 8.42. The summed E-state index contributed by atoms with van der Waals surface area (Å²) < 4.78 is 10.8. The first-order chi connectivity index (χ1) is 15.2. The van der Waals surface area contributed by atoms with E-state index >= 15 is 0 Å². The molecule has 7 heteroatoms. The normalized spacial score (nSPS) is 12.9. The minimum atomic E-state index is -0.650. The zero-order valence-electron chi connectivity index (χ0n) is 19.6. The number of ether oxygens (including phenoxy) is 2. The van der Waals surface area contributed by atoms with E-state index in [0.29, 0.717) is 17.9 Å². The van der Waals surface area contributed by atoms with Crippen molar-refractivity contribution in [2.24, 2.45) is 5.92 Å². The highest BCUT2D eigenvalue weighted by atomic mass is 16.6. The number of nitro groups is 1. The smallest absolute Gasteiger partial charge is 0.269 e. The van der Waals surface area contributed by atoms with Crippen LogP contribution in [0.3, 0.4) is 0 Å². The zero-order valence-corrected chi connectivity index (χ0v) is 19.6. The molecule has 7 nitrogen and oxygen atoms in total. The maximum Gasteiger partial charge on any atom is 0.269 e. The van der Waals surface area contributed by atoms with E-state index in [1.54, 1.807) is 26.4 Å². The fraction of sp³-hybridized carbons (Fsp3) is 0.480. The summed E-state index contributed by atoms with van der Waals surface area (Å²) in [6, 6.07) is 15.0. The Kier molecular flexibility index (Phi) is 9.03. The van der Waals surface area contributed by atoms with Gasteiger partial charge in [0, 0.05) is 24.7 Å². The lowest BCUT2D eigenvalue weighted by Gasteiger charge is -2.32. The first-order valence-corrected chi connectivity index (χ1v) is 10.8. The van der Waals surface area contributed by atoms with Crippen molar-refractivity contribution in [2.45, 2.75) is 38.5 Å². The van der Waals surface area contributed by atoms with Crippen molar-refractivity contribution in [3.63, 3.8) is 0 Å². The van der Waals surface area contributed by atoms with Crippen molar-refractivity contribution in [1.29, 1.82) is 5.26 Å². The molecule has 2 aromatic carbocycles. The SMILES string of the molecule is COc1cc(OC)cc(C(C#N)(CCCN(C)CCc2cccc([N+](=O)[O-])c2)C(C)C)c1. The molecule has 0 bridgehead atoms. The lowest BCUT2D eigenvalue weighted by Crippen LogP contribution is -2.32. The molecule has 0 heterocycles. The number of hydrogen-bond acceptors (Lipinski definition) is 6. The lowest BCUT2D eigenvalue weighted by atomic mass is 9.69. The zero-order chi connectivity index (χ0) is 23.7. The van der Waals surface area contributed by atoms with Gasteiger partial charge < -0.3 is 14.4 Å². The molecular weight excluding hydrogens is 406 g/mol. The van der Waals surface area contributed by atoms with Crippen LogP contribution in [-0.2, 0) is 11.8 Å². The number of methoxy groups -OCH3 is 2. The van der Waals surface area contributed by atoms with E-state index in [-0.39, 0.29) is 16.5 Å². The average Bonchev–Trinajstić information content (AvgIpc) is 2.80. The summed E-state index contributed by atoms with van der Waals surface area (Å²) in [6.45, 7) is 5.75. The van der Waals surface area contributed by atoms with Gasteiger partial charge in [0.15, 0.2) is 0 Å². The van der Waals surface area contributed by atoms with Gasteiger partial charge in [0.2, 0.25) is 0 Å². The number of hydrogen-bond donors (Lipinski definition) is 0. The molecule has 0 fully saturated rings. The number of nitrogens with zero attached hydrogens (tertiary/aromatic N) is 3. The predicted molar refractivity (Wildman–Crippen MR) is 125 cm³/mol. The molecule has 0 aromatic heterocycles. The van der Waals surface area contributed by atoms with Gasteiger partial charge >= 0.3 is 0 Å². The van der Waals surface area contributed by atoms with Crippen LogP contribution in [-0.4, -0.2) is 44.2 Å². The van der Waals surface area contributed by atoms with Crippen molar-refractivity contribution in [1.82, 2.24) is 4.90 Å². The quantitative estimate of drug-likeness (QED) is 0.342. The Balaban J connectivity index is 2.05. The van der Waals surface area contributed by atoms with E-state index in [9.17, 15) is 15.4 Å². The molecule has 172 valence electrons. The van der Waals surface area contributed by atoms with Crippen molar-refractivity contribution in [3.8, 4) is 17.6 Å². The van der Waals surface area contributed by atoms with E-state index in [2.05, 4.69) is 24.8 Å². The third-order valence-corrected chi connectivity index (χ3v) is 6.07. The number of rotatable bonds is 12. The van der Waals surface area contributed by atoms with Crippen LogP contribution >= 0.6 is 0 Å². The lowest BCUT2D eigenvalue weighted by molar-refractivity contribution is -0.384. The van der Waals surface area contributed by atoms with Crippen LogP contribution in [0, 0.1) is 27.4 Å². The summed E-state index contributed by atoms with van der Waals surface area (Å²) in [6.07, 6.45) is 2.29. The van der Waals surface area contributed by atoms with Gasteiger partial charge in [-0.25, -0.2) is 0 Å². The van der Waals surface area contributed by atoms with E-state index in [1.807, 2.05) is 31.3 Å². The number of non-ortho nitro benzene ring substituents is 1. The topological polar surface area (TPSA) is 88.6 Å². The van der Waals surface area contributed by atoms with Crippen LogP contribution < -0.4 is 9.47 Å². The van der Waals surface area contributed by atoms with Crippen molar-refractivity contribution >= 4 is 5.69 Å². The van der Waals surface area contributed by atoms with Gasteiger partial charge in [-0.1, -0.05) is 26.0 Å². The molecule has 32 heavy (non-hydrogen) atoms. The molecule has 2 rings (SSSR count). The van der Waals surface area contributed by atoms with Crippen LogP contribution in [0.1, 0.15) is 37.8 Å². The number of nitro benzene ring substituents is 1. The van der Waals surface area contributed by atoms with Crippen LogP contribution in [0.2, 0.25) is 0 Å². The van der Waals surface area contributed by atoms with Gasteiger partial charge in [0.25, 0.3) is 5.69 Å². The molecule has 0 saturated carbocycles. The van der Waals surface area contributed by atoms with Crippen LogP contribution in [0.5, 0.6) is 11.5 Å². The van der Waals surface area contributed by atoms with E-state index in [0.717, 1.165) is 37.1 Å². The van der Waals surface area contributed by atoms with E-state index in [4.69, 9.17) is 9.47 Å². The number of benzene rings is 2. The van der Waals surface area contributed by atoms with Crippen LogP contribution in [0.25, 0.3) is 0 Å². The summed E-state index contributed by atoms with van der Waals surface area (Å²) in [7, 11) is 5.26. The third-order valence-electron chi connectivity index (χ3n) is 6.07. The maximum atomic E-state index is 11.0. The molecule has 0 amide bonds. The minimum absolute atomic E-state index is 0.111. The minimum Gasteiger partial charge on any atom is -0.497 e. The Morgan fingerprint density at radius 1 is 1.12 bits per heavy atom. The molecule has 0 saturated heterocycles. The Morgan fingerprint density at radius 3 is 2.31 bits per heavy atom. The summed E-state index contributed by atoms with van der Waals surface area (Å²) >= 11 is 0. The summed E-state index contributed by atoms with van der Waals surface area (Å²) in [5.74, 6) is 1.46. The fourth-order valence-electron chi connectivity index (χ4n) is 3.97. The van der Waals surface area contributed by atoms with E-state index < -0.39 is 5.41 Å². The third kappa shape index (κ3) is 6.21. The number of likely N-dealkylation sites (N-methyl/N-ethyl adjacent to an activating group) is 1. The number of nitriles is 1. The average molecular weight is 440 g/mol. The molecule has 2 aromatic rings. The summed E-state index contributed by atoms with van der Waals surface area (Å²) in [4.78, 5) is 12.8. The highest BCUT2D eigenvalue weighted by molar-refractivity contribution is 5.45. The summed E-state index contributed by atoms with van der Waals surface area (Å²) in [5.41, 5.74) is 1.33. The Bertz CT molecular complexity index is 932. The molecule has 0 aliphatic carbocycles. The van der Waals surface area contributed by atoms with Gasteiger partial charge in [0.1, 0.15) is 11.5 Å². The molecule has 0 aliphatic heterocycles. The molecule has 1 unspecified atom stereocenters. The first kappa shape index (κ1) is 25.2. The Morgan fingerprint density at radius 2 is 1.78 bits per heavy atom. The van der Waals surface area contributed by atoms with Gasteiger partial charge in [-0.15, -0.1) is 0 Å². The molecule has 0 spiro atoms. The van der Waals surface area contributed by atoms with Crippen LogP contribution in [0.15, 0.2) is 42.5 Å². The van der Waals surface area contributed by atoms with Gasteiger partial charge in [0.05, 0.1) is 30.6 Å². The Labute approximate surface area is 190 Å². The Hall–Kier alpha value is -3.11. The predicted octanol–water partition coefficient (Wildman–Crippen LogP) is 4.98. The van der Waals surface area contributed by atoms with Gasteiger partial charge in [-0.3, -0.25) is 10.1 Å². The molecular formula is C25H33N3O4. The molecule has 0 N–H and O–H groups in total. The van der Waals surface area contributed by atoms with Gasteiger partial charge in [-0.05, 0) is 62.0 Å². The highest BCUT2D eigenvalue weighted by Crippen LogP contribution is 2.40. The van der Waals surface area contributed by atoms with E-state index in [1.165, 1.54) is 6.07 Å². The van der Waals surface area contributed by atoms with Crippen molar-refractivity contribution < 1.29 is 14.4 Å². The molecule has 1 atom stereocenters.